The highest BCUT2D eigenvalue weighted by molar-refractivity contribution is 5.58. The highest BCUT2D eigenvalue weighted by Gasteiger charge is 2.40. The maximum absolute atomic E-state index is 3.69. The van der Waals surface area contributed by atoms with Gasteiger partial charge in [-0.1, -0.05) is 0 Å². The van der Waals surface area contributed by atoms with E-state index in [1.807, 2.05) is 0 Å². The summed E-state index contributed by atoms with van der Waals surface area (Å²) in [5.74, 6) is 0.864. The molecule has 5 rings (SSSR count). The molecule has 1 aromatic carbocycles. The molecule has 4 fully saturated rings. The summed E-state index contributed by atoms with van der Waals surface area (Å²) in [6.45, 7) is 12.6. The number of fused-ring (bicyclic) bond motifs is 1. The number of hydrogen-bond acceptors (Lipinski definition) is 6. The van der Waals surface area contributed by atoms with Crippen molar-refractivity contribution in [3.05, 3.63) is 24.3 Å². The number of piperazine rings is 2. The Kier molecular flexibility index (Phi) is 5.22. The Morgan fingerprint density at radius 1 is 0.857 bits per heavy atom. The lowest BCUT2D eigenvalue weighted by Crippen LogP contribution is -2.63. The molecule has 0 spiro atoms. The Morgan fingerprint density at radius 2 is 1.61 bits per heavy atom. The van der Waals surface area contributed by atoms with E-state index in [1.165, 1.54) is 37.4 Å². The maximum atomic E-state index is 3.69. The highest BCUT2D eigenvalue weighted by Crippen LogP contribution is 2.35. The van der Waals surface area contributed by atoms with Crippen LogP contribution in [0, 0.1) is 5.92 Å². The molecule has 0 radical (unpaired) electrons. The van der Waals surface area contributed by atoms with Gasteiger partial charge in [-0.15, -0.1) is 0 Å². The van der Waals surface area contributed by atoms with Crippen molar-refractivity contribution in [1.82, 2.24) is 20.4 Å². The van der Waals surface area contributed by atoms with Crippen LogP contribution in [0.1, 0.15) is 13.3 Å². The molecular weight excluding hydrogens is 348 g/mol. The van der Waals surface area contributed by atoms with Crippen molar-refractivity contribution < 1.29 is 0 Å². The summed E-state index contributed by atoms with van der Waals surface area (Å²) in [5, 5.41) is 7.29. The van der Waals surface area contributed by atoms with Gasteiger partial charge in [-0.25, -0.2) is 0 Å². The molecule has 2 N–H and O–H groups in total. The van der Waals surface area contributed by atoms with Crippen molar-refractivity contribution in [1.29, 1.82) is 0 Å². The lowest BCUT2D eigenvalue weighted by molar-refractivity contribution is 0.129. The fourth-order valence-electron chi connectivity index (χ4n) is 5.67. The van der Waals surface area contributed by atoms with E-state index in [9.17, 15) is 0 Å². The fourth-order valence-corrected chi connectivity index (χ4v) is 5.67. The molecule has 154 valence electrons. The van der Waals surface area contributed by atoms with Crippen LogP contribution in [0.3, 0.4) is 0 Å². The van der Waals surface area contributed by atoms with E-state index in [4.69, 9.17) is 0 Å². The van der Waals surface area contributed by atoms with Crippen LogP contribution in [-0.2, 0) is 0 Å². The van der Waals surface area contributed by atoms with Gasteiger partial charge in [0, 0.05) is 82.4 Å². The Hall–Kier alpha value is -1.34. The second-order valence-corrected chi connectivity index (χ2v) is 9.30. The van der Waals surface area contributed by atoms with Crippen LogP contribution in [0.25, 0.3) is 0 Å². The smallest absolute Gasteiger partial charge is 0.0727 e. The normalized spacial score (nSPS) is 34.8. The van der Waals surface area contributed by atoms with Crippen LogP contribution in [0.4, 0.5) is 11.4 Å². The molecule has 6 heteroatoms. The van der Waals surface area contributed by atoms with Crippen LogP contribution in [-0.4, -0.2) is 94.0 Å². The van der Waals surface area contributed by atoms with E-state index in [0.717, 1.165) is 51.2 Å². The monoisotopic (exact) mass is 384 g/mol. The van der Waals surface area contributed by atoms with E-state index >= 15 is 0 Å². The summed E-state index contributed by atoms with van der Waals surface area (Å²) in [7, 11) is 2.26. The lowest BCUT2D eigenvalue weighted by Gasteiger charge is -2.43. The van der Waals surface area contributed by atoms with Gasteiger partial charge in [-0.05, 0) is 50.6 Å². The van der Waals surface area contributed by atoms with E-state index in [2.05, 4.69) is 68.5 Å². The number of benzene rings is 1. The van der Waals surface area contributed by atoms with Crippen molar-refractivity contribution in [3.63, 3.8) is 0 Å². The summed E-state index contributed by atoms with van der Waals surface area (Å²) in [5.41, 5.74) is 2.79. The van der Waals surface area contributed by atoms with Gasteiger partial charge >= 0.3 is 0 Å². The highest BCUT2D eigenvalue weighted by atomic mass is 15.4. The van der Waals surface area contributed by atoms with Crippen LogP contribution in [0.2, 0.25) is 0 Å². The largest absolute Gasteiger partial charge is 0.369 e. The van der Waals surface area contributed by atoms with Gasteiger partial charge in [0.15, 0.2) is 0 Å². The van der Waals surface area contributed by atoms with Crippen molar-refractivity contribution in [3.8, 4) is 0 Å². The minimum absolute atomic E-state index is 0.494. The quantitative estimate of drug-likeness (QED) is 0.805. The molecule has 2 unspecified atom stereocenters. The van der Waals surface area contributed by atoms with Gasteiger partial charge in [0.05, 0.1) is 6.17 Å². The summed E-state index contributed by atoms with van der Waals surface area (Å²) < 4.78 is 0. The van der Waals surface area contributed by atoms with E-state index in [-0.39, 0.29) is 0 Å². The zero-order valence-corrected chi connectivity index (χ0v) is 17.5. The molecule has 4 atom stereocenters. The predicted octanol–water partition coefficient (Wildman–Crippen LogP) is 0.856. The third kappa shape index (κ3) is 3.63. The van der Waals surface area contributed by atoms with Gasteiger partial charge in [0.2, 0.25) is 0 Å². The number of likely N-dealkylation sites (tertiary alicyclic amines) is 1. The molecule has 4 heterocycles. The molecule has 0 aromatic heterocycles. The molecule has 0 bridgehead atoms. The van der Waals surface area contributed by atoms with Crippen molar-refractivity contribution in [2.45, 2.75) is 31.6 Å². The van der Waals surface area contributed by atoms with Crippen LogP contribution >= 0.6 is 0 Å². The molecule has 1 aromatic rings. The molecule has 4 saturated heterocycles. The van der Waals surface area contributed by atoms with Crippen molar-refractivity contribution in [2.24, 2.45) is 5.92 Å². The second kappa shape index (κ2) is 7.82. The van der Waals surface area contributed by atoms with Gasteiger partial charge in [0.25, 0.3) is 0 Å². The molecule has 4 aliphatic heterocycles. The summed E-state index contributed by atoms with van der Waals surface area (Å²) >= 11 is 0. The minimum Gasteiger partial charge on any atom is -0.369 e. The van der Waals surface area contributed by atoms with Gasteiger partial charge in [-0.3, -0.25) is 10.2 Å². The third-order valence-corrected chi connectivity index (χ3v) is 7.35. The average Bonchev–Trinajstić information content (AvgIpc) is 3.28. The van der Waals surface area contributed by atoms with E-state index < -0.39 is 0 Å². The third-order valence-electron chi connectivity index (χ3n) is 7.35. The zero-order valence-electron chi connectivity index (χ0n) is 17.5. The maximum Gasteiger partial charge on any atom is 0.0727 e. The van der Waals surface area contributed by atoms with Crippen LogP contribution < -0.4 is 20.4 Å². The number of nitrogens with zero attached hydrogens (tertiary/aromatic N) is 4. The number of anilines is 2. The minimum atomic E-state index is 0.494. The first kappa shape index (κ1) is 18.7. The van der Waals surface area contributed by atoms with Crippen LogP contribution in [0.5, 0.6) is 0 Å². The predicted molar refractivity (Wildman–Crippen MR) is 116 cm³/mol. The first-order valence-corrected chi connectivity index (χ1v) is 11.2. The van der Waals surface area contributed by atoms with Crippen LogP contribution in [0.15, 0.2) is 24.3 Å². The Morgan fingerprint density at radius 3 is 2.32 bits per heavy atom. The molecule has 28 heavy (non-hydrogen) atoms. The summed E-state index contributed by atoms with van der Waals surface area (Å²) in [6.07, 6.45) is 1.84. The SMILES string of the molecule is CC1CNC(N2CCN(c3ccc(N4CC[C@@H]5CN(C)C[C@@H]54)cc3)CC2)CN1. The number of nitrogens with one attached hydrogen (secondary N) is 2. The lowest BCUT2D eigenvalue weighted by atomic mass is 10.0. The molecule has 0 aliphatic carbocycles. The number of likely N-dealkylation sites (N-methyl/N-ethyl adjacent to an activating group) is 1. The van der Waals surface area contributed by atoms with E-state index in [0.29, 0.717) is 12.2 Å². The Labute approximate surface area is 169 Å². The standard InChI is InChI=1S/C22H36N6/c1-17-13-24-22(14-23-17)27-11-9-26(10-12-27)19-3-5-20(6-4-19)28-8-7-18-15-25(2)16-21(18)28/h3-6,17-18,21-24H,7-16H2,1-2H3/t17?,18-,21+,22?/m1/s1. The van der Waals surface area contributed by atoms with E-state index in [1.54, 1.807) is 0 Å². The van der Waals surface area contributed by atoms with Gasteiger partial charge in [0.1, 0.15) is 0 Å². The summed E-state index contributed by atoms with van der Waals surface area (Å²) in [6, 6.07) is 10.7. The first-order valence-electron chi connectivity index (χ1n) is 11.2. The van der Waals surface area contributed by atoms with Crippen molar-refractivity contribution in [2.75, 3.05) is 75.8 Å². The first-order chi connectivity index (χ1) is 13.7. The fraction of sp³-hybridized carbons (Fsp3) is 0.727. The molecular formula is C22H36N6. The Balaban J connectivity index is 1.17. The van der Waals surface area contributed by atoms with Crippen molar-refractivity contribution >= 4 is 11.4 Å². The summed E-state index contributed by atoms with van der Waals surface area (Å²) in [4.78, 5) is 10.3. The number of rotatable bonds is 3. The average molecular weight is 385 g/mol. The van der Waals surface area contributed by atoms with Gasteiger partial charge < -0.3 is 20.0 Å². The zero-order chi connectivity index (χ0) is 19.1. The molecule has 0 saturated carbocycles. The second-order valence-electron chi connectivity index (χ2n) is 9.30. The molecule has 4 aliphatic rings. The number of hydrogen-bond donors (Lipinski definition) is 2. The topological polar surface area (TPSA) is 37.0 Å². The molecule has 6 nitrogen and oxygen atoms in total. The van der Waals surface area contributed by atoms with Gasteiger partial charge in [-0.2, -0.15) is 0 Å². The molecule has 0 amide bonds. The Bertz CT molecular complexity index is 647.